The maximum Gasteiger partial charge on any atom is 0.251 e. The second-order valence-corrected chi connectivity index (χ2v) is 7.63. The van der Waals surface area contributed by atoms with Crippen LogP contribution in [0, 0.1) is 5.92 Å². The minimum atomic E-state index is -0.138. The maximum atomic E-state index is 12.1. The van der Waals surface area contributed by atoms with E-state index in [0.29, 0.717) is 18.7 Å². The van der Waals surface area contributed by atoms with Gasteiger partial charge < -0.3 is 10.6 Å². The van der Waals surface area contributed by atoms with Crippen LogP contribution in [0.1, 0.15) is 29.8 Å². The Morgan fingerprint density at radius 3 is 2.19 bits per heavy atom. The molecule has 0 bridgehead atoms. The highest BCUT2D eigenvalue weighted by molar-refractivity contribution is 7.98. The molecule has 0 aliphatic carbocycles. The second kappa shape index (κ2) is 10.2. The number of nitrogens with one attached hydrogen (secondary N) is 2. The van der Waals surface area contributed by atoms with Crippen LogP contribution in [-0.2, 0) is 10.5 Å². The first kappa shape index (κ1) is 20.3. The number of carbonyl (C=O) groups is 2. The molecule has 2 rings (SSSR count). The molecule has 0 atom stereocenters. The van der Waals surface area contributed by atoms with E-state index < -0.39 is 0 Å². The summed E-state index contributed by atoms with van der Waals surface area (Å²) in [6.45, 7) is 4.51. The van der Waals surface area contributed by atoms with E-state index in [4.69, 9.17) is 11.6 Å². The quantitative estimate of drug-likeness (QED) is 0.526. The predicted molar refractivity (Wildman–Crippen MR) is 108 cm³/mol. The van der Waals surface area contributed by atoms with Gasteiger partial charge in [-0.1, -0.05) is 37.6 Å². The Kier molecular flexibility index (Phi) is 8.01. The molecule has 0 saturated heterocycles. The van der Waals surface area contributed by atoms with Crippen LogP contribution in [0.25, 0.3) is 0 Å². The molecule has 6 heteroatoms. The summed E-state index contributed by atoms with van der Waals surface area (Å²) >= 11 is 7.60. The lowest BCUT2D eigenvalue weighted by atomic mass is 10.1. The average molecular weight is 391 g/mol. The van der Waals surface area contributed by atoms with Crippen LogP contribution in [-0.4, -0.2) is 24.9 Å². The summed E-state index contributed by atoms with van der Waals surface area (Å²) < 4.78 is 0. The molecule has 0 aliphatic rings. The summed E-state index contributed by atoms with van der Waals surface area (Å²) in [7, 11) is 0. The van der Waals surface area contributed by atoms with E-state index in [1.165, 1.54) is 0 Å². The van der Waals surface area contributed by atoms with Gasteiger partial charge in [0.25, 0.3) is 5.91 Å². The minimum Gasteiger partial charge on any atom is -0.354 e. The molecule has 0 radical (unpaired) electrons. The Morgan fingerprint density at radius 2 is 1.58 bits per heavy atom. The zero-order valence-electron chi connectivity index (χ0n) is 14.9. The number of halogens is 1. The van der Waals surface area contributed by atoms with Crippen molar-refractivity contribution in [1.82, 2.24) is 10.6 Å². The zero-order chi connectivity index (χ0) is 18.9. The van der Waals surface area contributed by atoms with Crippen molar-refractivity contribution in [3.05, 3.63) is 64.7 Å². The normalized spacial score (nSPS) is 10.6. The SMILES string of the molecule is CC(C)C(=O)NCCNC(=O)c1ccc(CSc2ccc(Cl)cc2)cc1. The van der Waals surface area contributed by atoms with Crippen molar-refractivity contribution in [2.45, 2.75) is 24.5 Å². The molecular weight excluding hydrogens is 368 g/mol. The summed E-state index contributed by atoms with van der Waals surface area (Å²) in [5.41, 5.74) is 1.76. The van der Waals surface area contributed by atoms with Crippen molar-refractivity contribution in [3.63, 3.8) is 0 Å². The first-order valence-electron chi connectivity index (χ1n) is 8.49. The summed E-state index contributed by atoms with van der Waals surface area (Å²) in [5.74, 6) is 0.622. The van der Waals surface area contributed by atoms with Crippen LogP contribution < -0.4 is 10.6 Å². The fraction of sp³-hybridized carbons (Fsp3) is 0.300. The van der Waals surface area contributed by atoms with E-state index in [-0.39, 0.29) is 17.7 Å². The Hall–Kier alpha value is -1.98. The van der Waals surface area contributed by atoms with Crippen molar-refractivity contribution < 1.29 is 9.59 Å². The largest absolute Gasteiger partial charge is 0.354 e. The molecule has 2 N–H and O–H groups in total. The highest BCUT2D eigenvalue weighted by Crippen LogP contribution is 2.24. The molecule has 0 fully saturated rings. The van der Waals surface area contributed by atoms with E-state index >= 15 is 0 Å². The van der Waals surface area contributed by atoms with Gasteiger partial charge in [-0.25, -0.2) is 0 Å². The zero-order valence-corrected chi connectivity index (χ0v) is 16.5. The molecule has 2 aromatic carbocycles. The number of carbonyl (C=O) groups excluding carboxylic acids is 2. The third-order valence-corrected chi connectivity index (χ3v) is 5.00. The topological polar surface area (TPSA) is 58.2 Å². The Balaban J connectivity index is 1.76. The minimum absolute atomic E-state index is 0.0122. The lowest BCUT2D eigenvalue weighted by Crippen LogP contribution is -2.36. The Morgan fingerprint density at radius 1 is 0.962 bits per heavy atom. The molecule has 4 nitrogen and oxygen atoms in total. The molecule has 2 amide bonds. The molecule has 138 valence electrons. The summed E-state index contributed by atoms with van der Waals surface area (Å²) in [4.78, 5) is 24.7. The number of benzene rings is 2. The van der Waals surface area contributed by atoms with E-state index in [1.54, 1.807) is 11.8 Å². The van der Waals surface area contributed by atoms with E-state index in [0.717, 1.165) is 21.2 Å². The predicted octanol–water partition coefficient (Wildman–Crippen LogP) is 4.13. The van der Waals surface area contributed by atoms with Crippen LogP contribution in [0.15, 0.2) is 53.4 Å². The highest BCUT2D eigenvalue weighted by atomic mass is 35.5. The number of rotatable bonds is 8. The van der Waals surface area contributed by atoms with Gasteiger partial charge in [-0.15, -0.1) is 11.8 Å². The van der Waals surface area contributed by atoms with Gasteiger partial charge in [-0.2, -0.15) is 0 Å². The number of thioether (sulfide) groups is 1. The van der Waals surface area contributed by atoms with Crippen LogP contribution in [0.5, 0.6) is 0 Å². The van der Waals surface area contributed by atoms with Gasteiger partial charge in [-0.3, -0.25) is 9.59 Å². The fourth-order valence-corrected chi connectivity index (χ4v) is 3.10. The van der Waals surface area contributed by atoms with Gasteiger partial charge in [0.15, 0.2) is 0 Å². The molecular formula is C20H23ClN2O2S. The van der Waals surface area contributed by atoms with Crippen molar-refractivity contribution in [3.8, 4) is 0 Å². The van der Waals surface area contributed by atoms with Gasteiger partial charge in [0.05, 0.1) is 0 Å². The Labute approximate surface area is 163 Å². The van der Waals surface area contributed by atoms with Gasteiger partial charge in [0, 0.05) is 40.2 Å². The smallest absolute Gasteiger partial charge is 0.251 e. The van der Waals surface area contributed by atoms with Crippen molar-refractivity contribution in [1.29, 1.82) is 0 Å². The average Bonchev–Trinajstić information content (AvgIpc) is 2.64. The number of amides is 2. The van der Waals surface area contributed by atoms with Gasteiger partial charge in [0.1, 0.15) is 0 Å². The molecule has 0 aliphatic heterocycles. The van der Waals surface area contributed by atoms with Crippen molar-refractivity contribution >= 4 is 35.2 Å². The first-order valence-corrected chi connectivity index (χ1v) is 9.85. The van der Waals surface area contributed by atoms with Crippen LogP contribution in [0.2, 0.25) is 5.02 Å². The molecule has 0 unspecified atom stereocenters. The number of hydrogen-bond acceptors (Lipinski definition) is 3. The van der Waals surface area contributed by atoms with Gasteiger partial charge in [0.2, 0.25) is 5.91 Å². The molecule has 0 heterocycles. The molecule has 2 aromatic rings. The first-order chi connectivity index (χ1) is 12.5. The molecule has 0 spiro atoms. The highest BCUT2D eigenvalue weighted by Gasteiger charge is 2.07. The Bertz CT molecular complexity index is 730. The third kappa shape index (κ3) is 6.73. The van der Waals surface area contributed by atoms with Crippen LogP contribution in [0.4, 0.5) is 0 Å². The monoisotopic (exact) mass is 390 g/mol. The molecule has 0 saturated carbocycles. The van der Waals surface area contributed by atoms with Crippen LogP contribution in [0.3, 0.4) is 0 Å². The standard InChI is InChI=1S/C20H23ClN2O2S/c1-14(2)19(24)22-11-12-23-20(25)16-5-3-15(4-6-16)13-26-18-9-7-17(21)8-10-18/h3-10,14H,11-13H2,1-2H3,(H,22,24)(H,23,25). The lowest BCUT2D eigenvalue weighted by molar-refractivity contribution is -0.123. The van der Waals surface area contributed by atoms with Crippen molar-refractivity contribution in [2.24, 2.45) is 5.92 Å². The van der Waals surface area contributed by atoms with Gasteiger partial charge in [-0.05, 0) is 42.0 Å². The summed E-state index contributed by atoms with van der Waals surface area (Å²) in [6, 6.07) is 15.3. The lowest BCUT2D eigenvalue weighted by Gasteiger charge is -2.09. The van der Waals surface area contributed by atoms with E-state index in [2.05, 4.69) is 10.6 Å². The molecule has 26 heavy (non-hydrogen) atoms. The van der Waals surface area contributed by atoms with Crippen LogP contribution >= 0.6 is 23.4 Å². The third-order valence-electron chi connectivity index (χ3n) is 3.67. The second-order valence-electron chi connectivity index (χ2n) is 6.14. The fourth-order valence-electron chi connectivity index (χ4n) is 2.12. The summed E-state index contributed by atoms with van der Waals surface area (Å²) in [5, 5.41) is 6.30. The maximum absolute atomic E-state index is 12.1. The molecule has 0 aromatic heterocycles. The van der Waals surface area contributed by atoms with Crippen molar-refractivity contribution in [2.75, 3.05) is 13.1 Å². The number of hydrogen-bond donors (Lipinski definition) is 2. The summed E-state index contributed by atoms with van der Waals surface area (Å²) in [6.07, 6.45) is 0. The van der Waals surface area contributed by atoms with E-state index in [9.17, 15) is 9.59 Å². The van der Waals surface area contributed by atoms with E-state index in [1.807, 2.05) is 62.4 Å². The van der Waals surface area contributed by atoms with Gasteiger partial charge >= 0.3 is 0 Å².